The summed E-state index contributed by atoms with van der Waals surface area (Å²) >= 11 is 3.44. The Kier molecular flexibility index (Phi) is 5.05. The van der Waals surface area contributed by atoms with Crippen molar-refractivity contribution in [3.05, 3.63) is 28.2 Å². The lowest BCUT2D eigenvalue weighted by Gasteiger charge is -2.25. The van der Waals surface area contributed by atoms with E-state index in [2.05, 4.69) is 15.9 Å². The number of hydrogen-bond donors (Lipinski definition) is 1. The van der Waals surface area contributed by atoms with Gasteiger partial charge in [0.15, 0.2) is 6.10 Å². The van der Waals surface area contributed by atoms with Crippen LogP contribution < -0.4 is 4.74 Å². The fourth-order valence-electron chi connectivity index (χ4n) is 2.14. The average Bonchev–Trinajstić information content (AvgIpc) is 3.22. The number of halogens is 1. The highest BCUT2D eigenvalue weighted by atomic mass is 79.9. The van der Waals surface area contributed by atoms with Crippen LogP contribution in [0.25, 0.3) is 0 Å². The van der Waals surface area contributed by atoms with Gasteiger partial charge in [0, 0.05) is 12.6 Å². The van der Waals surface area contributed by atoms with E-state index in [4.69, 9.17) is 9.84 Å². The summed E-state index contributed by atoms with van der Waals surface area (Å²) in [5.41, 5.74) is 1.13. The Morgan fingerprint density at radius 1 is 1.55 bits per heavy atom. The third kappa shape index (κ3) is 3.73. The van der Waals surface area contributed by atoms with Crippen LogP contribution in [0.2, 0.25) is 0 Å². The maximum absolute atomic E-state index is 12.4. The number of aliphatic hydroxyl groups is 1. The molecule has 0 aliphatic heterocycles. The summed E-state index contributed by atoms with van der Waals surface area (Å²) in [7, 11) is 0. The highest BCUT2D eigenvalue weighted by Gasteiger charge is 2.34. The summed E-state index contributed by atoms with van der Waals surface area (Å²) in [6.45, 7) is 4.12. The van der Waals surface area contributed by atoms with E-state index in [1.165, 1.54) is 0 Å². The minimum atomic E-state index is -0.554. The number of ether oxygens (including phenoxy) is 1. The molecule has 1 aliphatic carbocycles. The number of rotatable bonds is 6. The number of carbonyl (C=O) groups is 1. The first-order valence-corrected chi connectivity index (χ1v) is 7.66. The van der Waals surface area contributed by atoms with Crippen molar-refractivity contribution in [1.29, 1.82) is 0 Å². The first-order chi connectivity index (χ1) is 9.52. The van der Waals surface area contributed by atoms with Gasteiger partial charge in [-0.1, -0.05) is 6.07 Å². The van der Waals surface area contributed by atoms with E-state index >= 15 is 0 Å². The molecule has 0 bridgehead atoms. The van der Waals surface area contributed by atoms with Crippen molar-refractivity contribution in [1.82, 2.24) is 4.90 Å². The number of amides is 1. The van der Waals surface area contributed by atoms with Crippen molar-refractivity contribution in [2.45, 2.75) is 38.8 Å². The first-order valence-electron chi connectivity index (χ1n) is 6.87. The van der Waals surface area contributed by atoms with E-state index in [1.807, 2.05) is 25.1 Å². The predicted molar refractivity (Wildman–Crippen MR) is 80.8 cm³/mol. The molecule has 0 radical (unpaired) electrons. The molecule has 1 atom stereocenters. The zero-order chi connectivity index (χ0) is 14.7. The molecule has 1 unspecified atom stereocenters. The van der Waals surface area contributed by atoms with Crippen LogP contribution in [0.4, 0.5) is 0 Å². The minimum absolute atomic E-state index is 0.0107. The van der Waals surface area contributed by atoms with Crippen molar-refractivity contribution < 1.29 is 14.6 Å². The summed E-state index contributed by atoms with van der Waals surface area (Å²) in [6, 6.07) is 6.04. The van der Waals surface area contributed by atoms with Crippen molar-refractivity contribution in [3.63, 3.8) is 0 Å². The second kappa shape index (κ2) is 6.59. The Labute approximate surface area is 127 Å². The van der Waals surface area contributed by atoms with Gasteiger partial charge in [0.1, 0.15) is 5.75 Å². The largest absolute Gasteiger partial charge is 0.480 e. The SMILES string of the molecule is Cc1ccc(OC(C)C(=O)N(CCO)C2CC2)c(Br)c1. The van der Waals surface area contributed by atoms with Crippen molar-refractivity contribution >= 4 is 21.8 Å². The van der Waals surface area contributed by atoms with E-state index in [0.717, 1.165) is 22.9 Å². The number of nitrogens with zero attached hydrogens (tertiary/aromatic N) is 1. The van der Waals surface area contributed by atoms with Crippen molar-refractivity contribution in [2.75, 3.05) is 13.2 Å². The van der Waals surface area contributed by atoms with Gasteiger partial charge in [-0.05, 0) is 60.3 Å². The number of benzene rings is 1. The number of carbonyl (C=O) groups excluding carboxylic acids is 1. The van der Waals surface area contributed by atoms with E-state index < -0.39 is 6.10 Å². The zero-order valence-electron chi connectivity index (χ0n) is 11.8. The van der Waals surface area contributed by atoms with Crippen LogP contribution in [0.5, 0.6) is 5.75 Å². The smallest absolute Gasteiger partial charge is 0.263 e. The molecule has 1 aromatic rings. The van der Waals surface area contributed by atoms with Gasteiger partial charge in [-0.3, -0.25) is 4.79 Å². The van der Waals surface area contributed by atoms with Crippen LogP contribution in [0.1, 0.15) is 25.3 Å². The second-order valence-electron chi connectivity index (χ2n) is 5.18. The summed E-state index contributed by atoms with van der Waals surface area (Å²) in [6.07, 6.45) is 1.49. The van der Waals surface area contributed by atoms with Gasteiger partial charge in [0.05, 0.1) is 11.1 Å². The molecule has 1 aromatic carbocycles. The Hall–Kier alpha value is -1.07. The lowest BCUT2D eigenvalue weighted by molar-refractivity contribution is -0.139. The van der Waals surface area contributed by atoms with Crippen LogP contribution in [0.15, 0.2) is 22.7 Å². The Morgan fingerprint density at radius 3 is 2.80 bits per heavy atom. The number of aryl methyl sites for hydroxylation is 1. The molecule has 1 fully saturated rings. The average molecular weight is 342 g/mol. The van der Waals surface area contributed by atoms with Gasteiger partial charge >= 0.3 is 0 Å². The topological polar surface area (TPSA) is 49.8 Å². The summed E-state index contributed by atoms with van der Waals surface area (Å²) in [4.78, 5) is 14.1. The van der Waals surface area contributed by atoms with Gasteiger partial charge in [0.25, 0.3) is 5.91 Å². The molecule has 2 rings (SSSR count). The molecule has 4 nitrogen and oxygen atoms in total. The molecule has 5 heteroatoms. The van der Waals surface area contributed by atoms with Crippen molar-refractivity contribution in [2.24, 2.45) is 0 Å². The van der Waals surface area contributed by atoms with E-state index in [9.17, 15) is 4.79 Å². The van der Waals surface area contributed by atoms with Gasteiger partial charge in [-0.2, -0.15) is 0 Å². The minimum Gasteiger partial charge on any atom is -0.480 e. The summed E-state index contributed by atoms with van der Waals surface area (Å²) in [5.74, 6) is 0.602. The van der Waals surface area contributed by atoms with Gasteiger partial charge in [-0.25, -0.2) is 0 Å². The van der Waals surface area contributed by atoms with E-state index in [-0.39, 0.29) is 18.6 Å². The van der Waals surface area contributed by atoms with E-state index in [0.29, 0.717) is 12.3 Å². The van der Waals surface area contributed by atoms with Gasteiger partial charge in [0.2, 0.25) is 0 Å². The van der Waals surface area contributed by atoms with Crippen LogP contribution in [-0.2, 0) is 4.79 Å². The molecule has 0 aromatic heterocycles. The highest BCUT2D eigenvalue weighted by molar-refractivity contribution is 9.10. The first kappa shape index (κ1) is 15.3. The Balaban J connectivity index is 2.02. The fraction of sp³-hybridized carbons (Fsp3) is 0.533. The molecule has 1 amide bonds. The zero-order valence-corrected chi connectivity index (χ0v) is 13.4. The third-order valence-electron chi connectivity index (χ3n) is 3.35. The Bertz CT molecular complexity index is 488. The predicted octanol–water partition coefficient (Wildman–Crippen LogP) is 2.51. The molecule has 1 saturated carbocycles. The highest BCUT2D eigenvalue weighted by Crippen LogP contribution is 2.29. The molecule has 1 N–H and O–H groups in total. The van der Waals surface area contributed by atoms with Crippen LogP contribution in [-0.4, -0.2) is 41.2 Å². The number of aliphatic hydroxyl groups excluding tert-OH is 1. The lowest BCUT2D eigenvalue weighted by Crippen LogP contribution is -2.43. The Morgan fingerprint density at radius 2 is 2.25 bits per heavy atom. The molecule has 20 heavy (non-hydrogen) atoms. The molecule has 110 valence electrons. The number of hydrogen-bond acceptors (Lipinski definition) is 3. The molecule has 1 aliphatic rings. The molecule has 0 spiro atoms. The maximum Gasteiger partial charge on any atom is 0.263 e. The third-order valence-corrected chi connectivity index (χ3v) is 3.97. The maximum atomic E-state index is 12.4. The lowest BCUT2D eigenvalue weighted by atomic mass is 10.2. The van der Waals surface area contributed by atoms with Crippen molar-refractivity contribution in [3.8, 4) is 5.75 Å². The van der Waals surface area contributed by atoms with Gasteiger partial charge < -0.3 is 14.7 Å². The van der Waals surface area contributed by atoms with Gasteiger partial charge in [-0.15, -0.1) is 0 Å². The van der Waals surface area contributed by atoms with Crippen LogP contribution >= 0.6 is 15.9 Å². The summed E-state index contributed by atoms with van der Waals surface area (Å²) in [5, 5.41) is 9.07. The van der Waals surface area contributed by atoms with E-state index in [1.54, 1.807) is 11.8 Å². The second-order valence-corrected chi connectivity index (χ2v) is 6.03. The monoisotopic (exact) mass is 341 g/mol. The van der Waals surface area contributed by atoms with Crippen LogP contribution in [0.3, 0.4) is 0 Å². The molecule has 0 saturated heterocycles. The quantitative estimate of drug-likeness (QED) is 0.864. The normalized spacial score (nSPS) is 15.8. The fourth-order valence-corrected chi connectivity index (χ4v) is 2.73. The molecular formula is C15H20BrNO3. The molecular weight excluding hydrogens is 322 g/mol. The standard InChI is InChI=1S/C15H20BrNO3/c1-10-3-6-14(13(16)9-10)20-11(2)15(19)17(7-8-18)12-4-5-12/h3,6,9,11-12,18H,4-5,7-8H2,1-2H3. The van der Waals surface area contributed by atoms with Crippen LogP contribution in [0, 0.1) is 6.92 Å². The summed E-state index contributed by atoms with van der Waals surface area (Å²) < 4.78 is 6.59. The molecule has 0 heterocycles.